The third-order valence-electron chi connectivity index (χ3n) is 5.65. The van der Waals surface area contributed by atoms with Crippen LogP contribution in [0.5, 0.6) is 5.75 Å². The summed E-state index contributed by atoms with van der Waals surface area (Å²) in [6.45, 7) is 5.64. The SMILES string of the molecule is COc1ccccc1N1CCN(CCCNc2cc(=O)n(C)c(=O)n2C)CC1.O=C(O)/C=C/C(=O)O. The molecule has 2 aromatic rings. The predicted molar refractivity (Wildman–Crippen MR) is 136 cm³/mol. The van der Waals surface area contributed by atoms with E-state index in [2.05, 4.69) is 21.2 Å². The van der Waals surface area contributed by atoms with Crippen molar-refractivity contribution in [3.63, 3.8) is 0 Å². The van der Waals surface area contributed by atoms with Crippen LogP contribution in [-0.2, 0) is 23.7 Å². The second kappa shape index (κ2) is 13.7. The third-order valence-corrected chi connectivity index (χ3v) is 5.65. The van der Waals surface area contributed by atoms with E-state index in [1.165, 1.54) is 17.7 Å². The maximum atomic E-state index is 11.9. The van der Waals surface area contributed by atoms with Gasteiger partial charge < -0.3 is 25.2 Å². The number of anilines is 2. The minimum absolute atomic E-state index is 0.293. The van der Waals surface area contributed by atoms with Crippen molar-refractivity contribution in [2.45, 2.75) is 6.42 Å². The largest absolute Gasteiger partial charge is 0.495 e. The number of nitrogens with zero attached hydrogens (tertiary/aromatic N) is 4. The predicted octanol–water partition coefficient (Wildman–Crippen LogP) is 0.429. The minimum Gasteiger partial charge on any atom is -0.495 e. The molecule has 0 amide bonds. The van der Waals surface area contributed by atoms with Gasteiger partial charge in [-0.1, -0.05) is 12.1 Å². The van der Waals surface area contributed by atoms with E-state index < -0.39 is 11.9 Å². The Kier molecular flexibility index (Phi) is 10.7. The van der Waals surface area contributed by atoms with E-state index in [4.69, 9.17) is 14.9 Å². The van der Waals surface area contributed by atoms with Gasteiger partial charge in [-0.3, -0.25) is 18.8 Å². The van der Waals surface area contributed by atoms with Gasteiger partial charge in [0.1, 0.15) is 11.6 Å². The van der Waals surface area contributed by atoms with Crippen LogP contribution in [0.15, 0.2) is 52.1 Å². The van der Waals surface area contributed by atoms with Gasteiger partial charge in [0.05, 0.1) is 12.8 Å². The van der Waals surface area contributed by atoms with Crippen molar-refractivity contribution in [3.8, 4) is 5.75 Å². The molecule has 1 saturated heterocycles. The number of nitrogens with one attached hydrogen (secondary N) is 1. The summed E-state index contributed by atoms with van der Waals surface area (Å²) in [4.78, 5) is 47.6. The molecule has 1 aliphatic heterocycles. The highest BCUT2D eigenvalue weighted by atomic mass is 16.5. The fourth-order valence-corrected chi connectivity index (χ4v) is 3.67. The third kappa shape index (κ3) is 8.31. The van der Waals surface area contributed by atoms with E-state index in [1.807, 2.05) is 18.2 Å². The first-order valence-electron chi connectivity index (χ1n) is 11.4. The first-order chi connectivity index (χ1) is 17.1. The minimum atomic E-state index is -1.26. The lowest BCUT2D eigenvalue weighted by Crippen LogP contribution is -2.47. The van der Waals surface area contributed by atoms with Crippen molar-refractivity contribution in [1.82, 2.24) is 14.0 Å². The summed E-state index contributed by atoms with van der Waals surface area (Å²) in [5.41, 5.74) is 0.540. The van der Waals surface area contributed by atoms with Gasteiger partial charge in [0.25, 0.3) is 5.56 Å². The number of hydrogen-bond donors (Lipinski definition) is 3. The number of ether oxygens (including phenoxy) is 1. The number of carbonyl (C=O) groups is 2. The number of aliphatic carboxylic acids is 2. The van der Waals surface area contributed by atoms with Gasteiger partial charge in [-0.15, -0.1) is 0 Å². The zero-order valence-corrected chi connectivity index (χ0v) is 20.7. The quantitative estimate of drug-likeness (QED) is 0.325. The number of rotatable bonds is 9. The lowest BCUT2D eigenvalue weighted by molar-refractivity contribution is -0.134. The molecule has 0 spiro atoms. The molecule has 12 heteroatoms. The molecule has 3 rings (SSSR count). The van der Waals surface area contributed by atoms with E-state index in [0.717, 1.165) is 55.1 Å². The molecule has 196 valence electrons. The highest BCUT2D eigenvalue weighted by Crippen LogP contribution is 2.28. The topological polar surface area (TPSA) is 146 Å². The summed E-state index contributed by atoms with van der Waals surface area (Å²) in [6, 6.07) is 9.60. The average Bonchev–Trinajstić information content (AvgIpc) is 2.87. The number of carboxylic acid groups (broad SMARTS) is 2. The van der Waals surface area contributed by atoms with Gasteiger partial charge in [0.15, 0.2) is 0 Å². The van der Waals surface area contributed by atoms with E-state index in [-0.39, 0.29) is 11.2 Å². The molecule has 0 radical (unpaired) electrons. The summed E-state index contributed by atoms with van der Waals surface area (Å²) in [5.74, 6) is -1.03. The van der Waals surface area contributed by atoms with Crippen LogP contribution in [0.4, 0.5) is 11.5 Å². The lowest BCUT2D eigenvalue weighted by atomic mass is 10.2. The normalized spacial score (nSPS) is 13.7. The van der Waals surface area contributed by atoms with Gasteiger partial charge in [-0.2, -0.15) is 0 Å². The number of carboxylic acids is 2. The summed E-state index contributed by atoms with van der Waals surface area (Å²) < 4.78 is 8.04. The molecule has 1 aromatic heterocycles. The molecule has 0 unspecified atom stereocenters. The Bertz CT molecular complexity index is 1160. The molecule has 2 heterocycles. The summed E-state index contributed by atoms with van der Waals surface area (Å²) in [6.07, 6.45) is 2.06. The van der Waals surface area contributed by atoms with Gasteiger partial charge in [-0.25, -0.2) is 14.4 Å². The van der Waals surface area contributed by atoms with Crippen LogP contribution >= 0.6 is 0 Å². The Morgan fingerprint density at radius 3 is 2.19 bits per heavy atom. The highest BCUT2D eigenvalue weighted by Gasteiger charge is 2.19. The molecule has 12 nitrogen and oxygen atoms in total. The summed E-state index contributed by atoms with van der Waals surface area (Å²) in [5, 5.41) is 18.8. The van der Waals surface area contributed by atoms with Gasteiger partial charge in [0, 0.05) is 65.0 Å². The molecular weight excluding hydrogens is 470 g/mol. The number of hydrogen-bond acceptors (Lipinski definition) is 8. The van der Waals surface area contributed by atoms with Crippen LogP contribution in [0.1, 0.15) is 6.42 Å². The molecule has 0 atom stereocenters. The second-order valence-corrected chi connectivity index (χ2v) is 8.06. The van der Waals surface area contributed by atoms with Crippen molar-refractivity contribution >= 4 is 23.4 Å². The van der Waals surface area contributed by atoms with Gasteiger partial charge >= 0.3 is 17.6 Å². The van der Waals surface area contributed by atoms with E-state index in [9.17, 15) is 19.2 Å². The molecule has 0 bridgehead atoms. The Hall–Kier alpha value is -4.06. The highest BCUT2D eigenvalue weighted by molar-refractivity contribution is 5.89. The zero-order valence-electron chi connectivity index (χ0n) is 20.7. The van der Waals surface area contributed by atoms with Crippen molar-refractivity contribution in [3.05, 3.63) is 63.3 Å². The molecule has 36 heavy (non-hydrogen) atoms. The van der Waals surface area contributed by atoms with Crippen molar-refractivity contribution in [2.24, 2.45) is 14.1 Å². The Labute approximate surface area is 208 Å². The van der Waals surface area contributed by atoms with Crippen LogP contribution in [0.2, 0.25) is 0 Å². The molecule has 1 fully saturated rings. The van der Waals surface area contributed by atoms with Crippen molar-refractivity contribution in [2.75, 3.05) is 56.6 Å². The number of aromatic nitrogens is 2. The zero-order chi connectivity index (χ0) is 26.7. The fraction of sp³-hybridized carbons (Fsp3) is 0.417. The lowest BCUT2D eigenvalue weighted by Gasteiger charge is -2.36. The number of benzene rings is 1. The number of para-hydroxylation sites is 2. The van der Waals surface area contributed by atoms with Crippen LogP contribution < -0.4 is 26.2 Å². The summed E-state index contributed by atoms with van der Waals surface area (Å²) >= 11 is 0. The van der Waals surface area contributed by atoms with Crippen molar-refractivity contribution < 1.29 is 24.5 Å². The van der Waals surface area contributed by atoms with E-state index >= 15 is 0 Å². The standard InChI is InChI=1S/C20H29N5O3.C4H4O4/c1-22-18(15-19(26)23(2)20(22)27)21-9-6-10-24-11-13-25(14-12-24)16-7-4-5-8-17(16)28-3;5-3(6)1-2-4(7)8/h4-5,7-8,15,21H,6,9-14H2,1-3H3;1-2H,(H,5,6)(H,7,8)/b;2-1+. The maximum Gasteiger partial charge on any atom is 0.332 e. The van der Waals surface area contributed by atoms with Crippen LogP contribution in [-0.4, -0.2) is 82.6 Å². The van der Waals surface area contributed by atoms with Crippen LogP contribution in [0.3, 0.4) is 0 Å². The van der Waals surface area contributed by atoms with Gasteiger partial charge in [-0.05, 0) is 25.1 Å². The molecule has 1 aromatic carbocycles. The number of methoxy groups -OCH3 is 1. The first-order valence-corrected chi connectivity index (χ1v) is 11.4. The molecule has 1 aliphatic rings. The van der Waals surface area contributed by atoms with Crippen molar-refractivity contribution in [1.29, 1.82) is 0 Å². The Balaban J connectivity index is 0.000000493. The maximum absolute atomic E-state index is 11.9. The Morgan fingerprint density at radius 2 is 1.61 bits per heavy atom. The Morgan fingerprint density at radius 1 is 1.00 bits per heavy atom. The average molecular weight is 504 g/mol. The molecule has 3 N–H and O–H groups in total. The molecule has 0 aliphatic carbocycles. The van der Waals surface area contributed by atoms with Crippen LogP contribution in [0.25, 0.3) is 0 Å². The number of piperazine rings is 1. The summed E-state index contributed by atoms with van der Waals surface area (Å²) in [7, 11) is 4.86. The fourth-order valence-electron chi connectivity index (χ4n) is 3.67. The first kappa shape index (κ1) is 28.2. The van der Waals surface area contributed by atoms with E-state index in [1.54, 1.807) is 14.2 Å². The monoisotopic (exact) mass is 503 g/mol. The molecular formula is C24H33N5O7. The second-order valence-electron chi connectivity index (χ2n) is 8.06. The van der Waals surface area contributed by atoms with E-state index in [0.29, 0.717) is 24.5 Å². The molecule has 0 saturated carbocycles. The van der Waals surface area contributed by atoms with Gasteiger partial charge in [0.2, 0.25) is 0 Å². The van der Waals surface area contributed by atoms with Crippen LogP contribution in [0, 0.1) is 0 Å². The smallest absolute Gasteiger partial charge is 0.332 e.